The Hall–Kier alpha value is -2.28. The van der Waals surface area contributed by atoms with Gasteiger partial charge in [-0.1, -0.05) is 0 Å². The van der Waals surface area contributed by atoms with Crippen LogP contribution in [0.4, 0.5) is 5.95 Å². The Balaban J connectivity index is 2.27. The van der Waals surface area contributed by atoms with Gasteiger partial charge >= 0.3 is 0 Å². The van der Waals surface area contributed by atoms with E-state index in [0.717, 1.165) is 27.7 Å². The molecule has 0 unspecified atom stereocenters. The molecule has 2 N–H and O–H groups in total. The van der Waals surface area contributed by atoms with Gasteiger partial charge in [-0.05, 0) is 18.2 Å². The summed E-state index contributed by atoms with van der Waals surface area (Å²) in [7, 11) is 3.26. The number of anilines is 1. The number of ether oxygens (including phenoxy) is 2. The van der Waals surface area contributed by atoms with Crippen LogP contribution in [0.15, 0.2) is 23.6 Å². The zero-order valence-corrected chi connectivity index (χ0v) is 11.3. The Kier molecular flexibility index (Phi) is 2.75. The van der Waals surface area contributed by atoms with Crippen molar-refractivity contribution in [3.8, 4) is 22.8 Å². The van der Waals surface area contributed by atoms with Crippen LogP contribution in [-0.4, -0.2) is 28.8 Å². The molecule has 2 heterocycles. The summed E-state index contributed by atoms with van der Waals surface area (Å²) in [6.07, 6.45) is 0. The van der Waals surface area contributed by atoms with E-state index in [9.17, 15) is 0 Å². The molecule has 0 spiro atoms. The van der Waals surface area contributed by atoms with E-state index in [0.29, 0.717) is 5.95 Å². The standard InChI is InChI=1S/C12H12N4O2S/c1-17-7-3-4-10(18-2)8(5-7)9-6-19-12-15-14-11(13)16(9)12/h3-6H,1-2H3,(H2,13,14). The average molecular weight is 276 g/mol. The number of hydrogen-bond acceptors (Lipinski definition) is 6. The number of benzene rings is 1. The number of nitrogen functional groups attached to an aromatic ring is 1. The number of aromatic nitrogens is 3. The van der Waals surface area contributed by atoms with Crippen LogP contribution in [0.1, 0.15) is 0 Å². The molecule has 6 nitrogen and oxygen atoms in total. The Bertz CT molecular complexity index is 734. The lowest BCUT2D eigenvalue weighted by Crippen LogP contribution is -1.97. The van der Waals surface area contributed by atoms with Gasteiger partial charge in [0, 0.05) is 10.9 Å². The van der Waals surface area contributed by atoms with Crippen molar-refractivity contribution in [3.63, 3.8) is 0 Å². The van der Waals surface area contributed by atoms with Crippen LogP contribution in [0.25, 0.3) is 16.2 Å². The maximum atomic E-state index is 5.84. The van der Waals surface area contributed by atoms with Gasteiger partial charge in [0.25, 0.3) is 0 Å². The summed E-state index contributed by atoms with van der Waals surface area (Å²) in [4.78, 5) is 0.748. The molecule has 98 valence electrons. The molecule has 0 saturated heterocycles. The molecule has 3 rings (SSSR count). The van der Waals surface area contributed by atoms with Crippen LogP contribution in [0, 0.1) is 0 Å². The van der Waals surface area contributed by atoms with Gasteiger partial charge in [0.2, 0.25) is 10.9 Å². The van der Waals surface area contributed by atoms with Crippen molar-refractivity contribution in [2.75, 3.05) is 20.0 Å². The Morgan fingerprint density at radius 1 is 1.21 bits per heavy atom. The van der Waals surface area contributed by atoms with Crippen LogP contribution < -0.4 is 15.2 Å². The molecule has 0 bridgehead atoms. The molecule has 0 fully saturated rings. The highest BCUT2D eigenvalue weighted by molar-refractivity contribution is 7.15. The third kappa shape index (κ3) is 1.78. The lowest BCUT2D eigenvalue weighted by atomic mass is 10.1. The zero-order chi connectivity index (χ0) is 13.4. The van der Waals surface area contributed by atoms with Crippen LogP contribution in [0.2, 0.25) is 0 Å². The first-order valence-corrected chi connectivity index (χ1v) is 6.43. The van der Waals surface area contributed by atoms with Crippen molar-refractivity contribution < 1.29 is 9.47 Å². The summed E-state index contributed by atoms with van der Waals surface area (Å²) < 4.78 is 12.4. The number of methoxy groups -OCH3 is 2. The van der Waals surface area contributed by atoms with Gasteiger partial charge in [0.05, 0.1) is 19.9 Å². The number of hydrogen-bond donors (Lipinski definition) is 1. The summed E-state index contributed by atoms with van der Waals surface area (Å²) in [5.41, 5.74) is 7.62. The fraction of sp³-hybridized carbons (Fsp3) is 0.167. The van der Waals surface area contributed by atoms with Crippen molar-refractivity contribution in [1.29, 1.82) is 0 Å². The van der Waals surface area contributed by atoms with E-state index in [1.807, 2.05) is 23.6 Å². The number of rotatable bonds is 3. The summed E-state index contributed by atoms with van der Waals surface area (Å²) in [5, 5.41) is 9.84. The normalized spacial score (nSPS) is 10.8. The van der Waals surface area contributed by atoms with Crippen LogP contribution in [0.5, 0.6) is 11.5 Å². The average Bonchev–Trinajstić information content (AvgIpc) is 3.01. The topological polar surface area (TPSA) is 74.7 Å². The van der Waals surface area contributed by atoms with Crippen molar-refractivity contribution in [2.45, 2.75) is 0 Å². The van der Waals surface area contributed by atoms with Gasteiger partial charge in [-0.2, -0.15) is 0 Å². The lowest BCUT2D eigenvalue weighted by Gasteiger charge is -2.09. The fourth-order valence-electron chi connectivity index (χ4n) is 1.94. The van der Waals surface area contributed by atoms with Crippen LogP contribution in [0.3, 0.4) is 0 Å². The second kappa shape index (κ2) is 4.43. The summed E-state index contributed by atoms with van der Waals surface area (Å²) >= 11 is 1.48. The molecule has 1 aromatic carbocycles. The smallest absolute Gasteiger partial charge is 0.227 e. The largest absolute Gasteiger partial charge is 0.497 e. The predicted molar refractivity (Wildman–Crippen MR) is 73.8 cm³/mol. The molecule has 0 aliphatic carbocycles. The van der Waals surface area contributed by atoms with Gasteiger partial charge in [0.1, 0.15) is 11.5 Å². The van der Waals surface area contributed by atoms with E-state index in [-0.39, 0.29) is 0 Å². The van der Waals surface area contributed by atoms with Crippen molar-refractivity contribution >= 4 is 22.2 Å². The van der Waals surface area contributed by atoms with Crippen molar-refractivity contribution in [3.05, 3.63) is 23.6 Å². The van der Waals surface area contributed by atoms with E-state index < -0.39 is 0 Å². The van der Waals surface area contributed by atoms with E-state index in [2.05, 4.69) is 10.2 Å². The molecule has 0 radical (unpaired) electrons. The third-order valence-electron chi connectivity index (χ3n) is 2.86. The van der Waals surface area contributed by atoms with E-state index in [4.69, 9.17) is 15.2 Å². The minimum atomic E-state index is 0.358. The molecule has 2 aromatic heterocycles. The molecule has 19 heavy (non-hydrogen) atoms. The monoisotopic (exact) mass is 276 g/mol. The molecule has 0 atom stereocenters. The highest BCUT2D eigenvalue weighted by Crippen LogP contribution is 2.36. The summed E-state index contributed by atoms with van der Waals surface area (Å²) in [5.74, 6) is 1.85. The molecule has 0 aliphatic rings. The maximum absolute atomic E-state index is 5.84. The van der Waals surface area contributed by atoms with Gasteiger partial charge in [0.15, 0.2) is 0 Å². The highest BCUT2D eigenvalue weighted by Gasteiger charge is 2.15. The Morgan fingerprint density at radius 3 is 2.79 bits per heavy atom. The molecule has 3 aromatic rings. The van der Waals surface area contributed by atoms with Gasteiger partial charge in [-0.3, -0.25) is 4.40 Å². The van der Waals surface area contributed by atoms with Gasteiger partial charge < -0.3 is 15.2 Å². The van der Waals surface area contributed by atoms with Crippen molar-refractivity contribution in [1.82, 2.24) is 14.6 Å². The number of nitrogens with two attached hydrogens (primary N) is 1. The zero-order valence-electron chi connectivity index (χ0n) is 10.5. The summed E-state index contributed by atoms with van der Waals surface area (Å²) in [6.45, 7) is 0. The Morgan fingerprint density at radius 2 is 2.05 bits per heavy atom. The molecule has 7 heteroatoms. The van der Waals surface area contributed by atoms with E-state index >= 15 is 0 Å². The number of nitrogens with zero attached hydrogens (tertiary/aromatic N) is 3. The first-order chi connectivity index (χ1) is 9.24. The van der Waals surface area contributed by atoms with Crippen LogP contribution in [-0.2, 0) is 0 Å². The summed E-state index contributed by atoms with van der Waals surface area (Å²) in [6, 6.07) is 5.61. The molecular weight excluding hydrogens is 264 g/mol. The second-order valence-corrected chi connectivity index (χ2v) is 4.70. The van der Waals surface area contributed by atoms with E-state index in [1.165, 1.54) is 11.3 Å². The quantitative estimate of drug-likeness (QED) is 0.792. The molecule has 0 amide bonds. The fourth-order valence-corrected chi connectivity index (χ4v) is 2.78. The van der Waals surface area contributed by atoms with Gasteiger partial charge in [-0.15, -0.1) is 21.5 Å². The van der Waals surface area contributed by atoms with Gasteiger partial charge in [-0.25, -0.2) is 0 Å². The molecule has 0 saturated carbocycles. The van der Waals surface area contributed by atoms with Crippen LogP contribution >= 0.6 is 11.3 Å². The molecule has 0 aliphatic heterocycles. The molecular formula is C12H12N4O2S. The minimum absolute atomic E-state index is 0.358. The first kappa shape index (κ1) is 11.8. The Labute approximate surface area is 113 Å². The predicted octanol–water partition coefficient (Wildman–Crippen LogP) is 2.06. The highest BCUT2D eigenvalue weighted by atomic mass is 32.1. The second-order valence-electron chi connectivity index (χ2n) is 3.86. The minimum Gasteiger partial charge on any atom is -0.497 e. The van der Waals surface area contributed by atoms with E-state index in [1.54, 1.807) is 18.6 Å². The third-order valence-corrected chi connectivity index (χ3v) is 3.67. The number of thiazole rings is 1. The SMILES string of the molecule is COc1ccc(OC)c(-c2csc3nnc(N)n23)c1. The van der Waals surface area contributed by atoms with Crippen molar-refractivity contribution in [2.24, 2.45) is 0 Å². The number of fused-ring (bicyclic) bond motifs is 1. The lowest BCUT2D eigenvalue weighted by molar-refractivity contribution is 0.404. The maximum Gasteiger partial charge on any atom is 0.227 e. The first-order valence-electron chi connectivity index (χ1n) is 5.55.